The molecule has 0 unspecified atom stereocenters. The molecule has 0 aliphatic carbocycles. The molecule has 0 atom stereocenters. The standard InChI is InChI=1S/C15H20N4/c1-12(2)19(11-15-17-7-4-8-18-15)10-13-5-3-6-14(16)9-13/h3-9,12H,10-11,16H2,1-2H3. The lowest BCUT2D eigenvalue weighted by molar-refractivity contribution is 0.198. The highest BCUT2D eigenvalue weighted by Gasteiger charge is 2.12. The molecule has 0 radical (unpaired) electrons. The summed E-state index contributed by atoms with van der Waals surface area (Å²) < 4.78 is 0. The molecule has 0 fully saturated rings. The maximum Gasteiger partial charge on any atom is 0.142 e. The topological polar surface area (TPSA) is 55.0 Å². The number of nitrogen functional groups attached to an aromatic ring is 1. The molecule has 0 bridgehead atoms. The molecule has 1 aromatic carbocycles. The third kappa shape index (κ3) is 4.03. The van der Waals surface area contributed by atoms with Crippen molar-refractivity contribution in [2.24, 2.45) is 0 Å². The van der Waals surface area contributed by atoms with E-state index in [9.17, 15) is 0 Å². The van der Waals surface area contributed by atoms with Crippen LogP contribution < -0.4 is 5.73 Å². The van der Waals surface area contributed by atoms with Crippen molar-refractivity contribution in [2.45, 2.75) is 33.0 Å². The third-order valence-corrected chi connectivity index (χ3v) is 3.03. The minimum atomic E-state index is 0.422. The average Bonchev–Trinajstić information content (AvgIpc) is 2.39. The normalized spacial score (nSPS) is 11.2. The summed E-state index contributed by atoms with van der Waals surface area (Å²) in [6.07, 6.45) is 3.56. The van der Waals surface area contributed by atoms with E-state index in [1.165, 1.54) is 5.56 Å². The molecule has 100 valence electrons. The molecule has 2 rings (SSSR count). The summed E-state index contributed by atoms with van der Waals surface area (Å²) in [5, 5.41) is 0. The van der Waals surface area contributed by atoms with Crippen LogP contribution in [0.25, 0.3) is 0 Å². The van der Waals surface area contributed by atoms with Crippen molar-refractivity contribution < 1.29 is 0 Å². The van der Waals surface area contributed by atoms with Crippen LogP contribution in [0.4, 0.5) is 5.69 Å². The van der Waals surface area contributed by atoms with Crippen molar-refractivity contribution in [1.29, 1.82) is 0 Å². The summed E-state index contributed by atoms with van der Waals surface area (Å²) in [7, 11) is 0. The number of nitrogens with zero attached hydrogens (tertiary/aromatic N) is 3. The predicted octanol–water partition coefficient (Wildman–Crippen LogP) is 2.47. The van der Waals surface area contributed by atoms with Gasteiger partial charge in [-0.3, -0.25) is 4.90 Å². The lowest BCUT2D eigenvalue weighted by Gasteiger charge is -2.25. The second-order valence-electron chi connectivity index (χ2n) is 4.91. The quantitative estimate of drug-likeness (QED) is 0.835. The van der Waals surface area contributed by atoms with Gasteiger partial charge >= 0.3 is 0 Å². The van der Waals surface area contributed by atoms with Crippen LogP contribution in [0.5, 0.6) is 0 Å². The van der Waals surface area contributed by atoms with Crippen LogP contribution in [0.1, 0.15) is 25.2 Å². The molecular weight excluding hydrogens is 236 g/mol. The molecule has 1 heterocycles. The summed E-state index contributed by atoms with van der Waals surface area (Å²) in [6, 6.07) is 10.3. The Kier molecular flexibility index (Phi) is 4.47. The van der Waals surface area contributed by atoms with Crippen molar-refractivity contribution in [3.8, 4) is 0 Å². The fraction of sp³-hybridized carbons (Fsp3) is 0.333. The number of nitrogens with two attached hydrogens (primary N) is 1. The van der Waals surface area contributed by atoms with E-state index in [1.807, 2.05) is 24.3 Å². The Labute approximate surface area is 114 Å². The van der Waals surface area contributed by atoms with E-state index in [0.29, 0.717) is 6.04 Å². The largest absolute Gasteiger partial charge is 0.399 e. The predicted molar refractivity (Wildman–Crippen MR) is 77.3 cm³/mol. The molecule has 0 aliphatic heterocycles. The first-order valence-corrected chi connectivity index (χ1v) is 6.49. The highest BCUT2D eigenvalue weighted by atomic mass is 15.2. The van der Waals surface area contributed by atoms with Crippen molar-refractivity contribution in [1.82, 2.24) is 14.9 Å². The first-order chi connectivity index (χ1) is 9.15. The summed E-state index contributed by atoms with van der Waals surface area (Å²) in [5.74, 6) is 0.847. The second-order valence-corrected chi connectivity index (χ2v) is 4.91. The van der Waals surface area contributed by atoms with Gasteiger partial charge in [0.25, 0.3) is 0 Å². The number of aromatic nitrogens is 2. The summed E-state index contributed by atoms with van der Waals surface area (Å²) in [4.78, 5) is 10.9. The Bertz CT molecular complexity index is 511. The Hall–Kier alpha value is -1.94. The van der Waals surface area contributed by atoms with Crippen molar-refractivity contribution in [2.75, 3.05) is 5.73 Å². The Morgan fingerprint density at radius 3 is 2.47 bits per heavy atom. The fourth-order valence-electron chi connectivity index (χ4n) is 1.94. The van der Waals surface area contributed by atoms with Gasteiger partial charge in [0.15, 0.2) is 0 Å². The molecule has 1 aromatic heterocycles. The van der Waals surface area contributed by atoms with E-state index in [4.69, 9.17) is 5.73 Å². The van der Waals surface area contributed by atoms with Crippen LogP contribution in [0.15, 0.2) is 42.7 Å². The van der Waals surface area contributed by atoms with Gasteiger partial charge in [-0.1, -0.05) is 12.1 Å². The van der Waals surface area contributed by atoms with Gasteiger partial charge < -0.3 is 5.73 Å². The van der Waals surface area contributed by atoms with E-state index in [1.54, 1.807) is 12.4 Å². The van der Waals surface area contributed by atoms with Gasteiger partial charge in [0.1, 0.15) is 5.82 Å². The van der Waals surface area contributed by atoms with Gasteiger partial charge in [0.05, 0.1) is 6.54 Å². The monoisotopic (exact) mass is 256 g/mol. The van der Waals surface area contributed by atoms with E-state index >= 15 is 0 Å². The van der Waals surface area contributed by atoms with Gasteiger partial charge in [-0.05, 0) is 37.6 Å². The molecule has 2 aromatic rings. The number of hydrogen-bond acceptors (Lipinski definition) is 4. The lowest BCUT2D eigenvalue weighted by atomic mass is 10.1. The van der Waals surface area contributed by atoms with Crippen LogP contribution in [-0.4, -0.2) is 20.9 Å². The zero-order valence-corrected chi connectivity index (χ0v) is 11.5. The van der Waals surface area contributed by atoms with Crippen LogP contribution in [0, 0.1) is 0 Å². The number of rotatable bonds is 5. The molecule has 4 heteroatoms. The maximum absolute atomic E-state index is 5.82. The van der Waals surface area contributed by atoms with E-state index in [2.05, 4.69) is 34.8 Å². The lowest BCUT2D eigenvalue weighted by Crippen LogP contribution is -2.30. The first kappa shape index (κ1) is 13.5. The number of anilines is 1. The van der Waals surface area contributed by atoms with Gasteiger partial charge in [0, 0.05) is 30.7 Å². The number of hydrogen-bond donors (Lipinski definition) is 1. The third-order valence-electron chi connectivity index (χ3n) is 3.03. The number of benzene rings is 1. The maximum atomic E-state index is 5.82. The molecule has 0 aliphatic rings. The van der Waals surface area contributed by atoms with E-state index in [-0.39, 0.29) is 0 Å². The molecule has 0 spiro atoms. The SMILES string of the molecule is CC(C)N(Cc1cccc(N)c1)Cc1ncccn1. The fourth-order valence-corrected chi connectivity index (χ4v) is 1.94. The summed E-state index contributed by atoms with van der Waals surface area (Å²) in [6.45, 7) is 5.94. The zero-order chi connectivity index (χ0) is 13.7. The van der Waals surface area contributed by atoms with Crippen LogP contribution >= 0.6 is 0 Å². The average molecular weight is 256 g/mol. The highest BCUT2D eigenvalue weighted by molar-refractivity contribution is 5.40. The second kappa shape index (κ2) is 6.29. The summed E-state index contributed by atoms with van der Waals surface area (Å²) in [5.41, 5.74) is 7.84. The molecule has 0 amide bonds. The zero-order valence-electron chi connectivity index (χ0n) is 11.5. The minimum absolute atomic E-state index is 0.422. The van der Waals surface area contributed by atoms with Crippen LogP contribution in [0.2, 0.25) is 0 Å². The van der Waals surface area contributed by atoms with Gasteiger partial charge in [-0.2, -0.15) is 0 Å². The Morgan fingerprint density at radius 2 is 1.84 bits per heavy atom. The Balaban J connectivity index is 2.08. The van der Waals surface area contributed by atoms with E-state index in [0.717, 1.165) is 24.6 Å². The summed E-state index contributed by atoms with van der Waals surface area (Å²) >= 11 is 0. The van der Waals surface area contributed by atoms with Gasteiger partial charge in [-0.15, -0.1) is 0 Å². The molecule has 19 heavy (non-hydrogen) atoms. The molecule has 4 nitrogen and oxygen atoms in total. The van der Waals surface area contributed by atoms with Crippen molar-refractivity contribution >= 4 is 5.69 Å². The smallest absolute Gasteiger partial charge is 0.142 e. The molecule has 0 saturated carbocycles. The van der Waals surface area contributed by atoms with Gasteiger partial charge in [0.2, 0.25) is 0 Å². The highest BCUT2D eigenvalue weighted by Crippen LogP contribution is 2.13. The molecule has 0 saturated heterocycles. The van der Waals surface area contributed by atoms with Crippen LogP contribution in [-0.2, 0) is 13.1 Å². The molecule has 2 N–H and O–H groups in total. The van der Waals surface area contributed by atoms with Crippen molar-refractivity contribution in [3.63, 3.8) is 0 Å². The van der Waals surface area contributed by atoms with E-state index < -0.39 is 0 Å². The van der Waals surface area contributed by atoms with Gasteiger partial charge in [-0.25, -0.2) is 9.97 Å². The first-order valence-electron chi connectivity index (χ1n) is 6.49. The van der Waals surface area contributed by atoms with Crippen molar-refractivity contribution in [3.05, 3.63) is 54.1 Å². The minimum Gasteiger partial charge on any atom is -0.399 e. The van der Waals surface area contributed by atoms with Crippen LogP contribution in [0.3, 0.4) is 0 Å². The molecular formula is C15H20N4. The Morgan fingerprint density at radius 1 is 1.11 bits per heavy atom.